The molecule has 0 aliphatic rings. The lowest BCUT2D eigenvalue weighted by atomic mass is 10.4. The number of alkyl halides is 6. The summed E-state index contributed by atoms with van der Waals surface area (Å²) in [5.74, 6) is -0.716. The molecule has 0 aliphatic carbocycles. The zero-order valence-corrected chi connectivity index (χ0v) is 7.52. The van der Waals surface area contributed by atoms with Gasteiger partial charge in [0.2, 0.25) is 5.95 Å². The number of rotatable bonds is 2. The third-order valence-corrected chi connectivity index (χ3v) is 1.39. The second-order valence-electron chi connectivity index (χ2n) is 2.73. The van der Waals surface area contributed by atoms with Crippen LogP contribution in [0.25, 0.3) is 0 Å². The quantitative estimate of drug-likeness (QED) is 0.813. The van der Waals surface area contributed by atoms with E-state index in [4.69, 9.17) is 0 Å². The molecule has 1 rings (SSSR count). The van der Waals surface area contributed by atoms with E-state index in [1.807, 2.05) is 0 Å². The van der Waals surface area contributed by atoms with Gasteiger partial charge in [0.15, 0.2) is 0 Å². The van der Waals surface area contributed by atoms with Crippen LogP contribution >= 0.6 is 0 Å². The van der Waals surface area contributed by atoms with E-state index in [1.54, 1.807) is 5.32 Å². The summed E-state index contributed by atoms with van der Waals surface area (Å²) in [7, 11) is 0. The third-order valence-electron chi connectivity index (χ3n) is 1.39. The lowest BCUT2D eigenvalue weighted by Gasteiger charge is -2.09. The monoisotopic (exact) mass is 245 g/mol. The van der Waals surface area contributed by atoms with Gasteiger partial charge in [-0.15, -0.1) is 0 Å². The Labute approximate surface area is 85.5 Å². The number of nitrogens with zero attached hydrogens (tertiary/aromatic N) is 2. The molecular weight excluding hydrogens is 240 g/mol. The maximum atomic E-state index is 12.1. The lowest BCUT2D eigenvalue weighted by molar-refractivity contribution is -0.141. The summed E-state index contributed by atoms with van der Waals surface area (Å²) < 4.78 is 71.5. The molecule has 0 atom stereocenters. The number of nitrogens with one attached hydrogen (secondary N) is 1. The van der Waals surface area contributed by atoms with Crippen molar-refractivity contribution in [1.82, 2.24) is 9.97 Å². The zero-order valence-electron chi connectivity index (χ0n) is 7.52. The molecule has 0 bridgehead atoms. The Morgan fingerprint density at radius 3 is 2.25 bits per heavy atom. The summed E-state index contributed by atoms with van der Waals surface area (Å²) in [5.41, 5.74) is -1.30. The molecule has 0 unspecified atom stereocenters. The highest BCUT2D eigenvalue weighted by Gasteiger charge is 2.33. The molecule has 0 saturated heterocycles. The topological polar surface area (TPSA) is 37.8 Å². The molecule has 0 saturated carbocycles. The standard InChI is InChI=1S/C7H5F6N3/c8-6(9,10)3-15-5-14-2-1-4(16-5)7(11,12)13/h1-2H,3H2,(H,14,15,16). The van der Waals surface area contributed by atoms with Gasteiger partial charge in [0.05, 0.1) is 0 Å². The van der Waals surface area contributed by atoms with Crippen LogP contribution in [0, 0.1) is 0 Å². The van der Waals surface area contributed by atoms with E-state index in [1.165, 1.54) is 0 Å². The van der Waals surface area contributed by atoms with E-state index < -0.39 is 30.5 Å². The molecule has 0 aromatic carbocycles. The predicted molar refractivity (Wildman–Crippen MR) is 41.6 cm³/mol. The van der Waals surface area contributed by atoms with Crippen molar-refractivity contribution in [3.63, 3.8) is 0 Å². The first kappa shape index (κ1) is 12.5. The molecule has 1 N–H and O–H groups in total. The molecule has 9 heteroatoms. The molecule has 90 valence electrons. The van der Waals surface area contributed by atoms with Crippen molar-refractivity contribution in [2.24, 2.45) is 0 Å². The van der Waals surface area contributed by atoms with Crippen LogP contribution in [0.4, 0.5) is 32.3 Å². The van der Waals surface area contributed by atoms with E-state index >= 15 is 0 Å². The number of hydrogen-bond donors (Lipinski definition) is 1. The van der Waals surface area contributed by atoms with E-state index in [0.717, 1.165) is 6.20 Å². The average Bonchev–Trinajstić information content (AvgIpc) is 2.13. The Morgan fingerprint density at radius 1 is 1.12 bits per heavy atom. The van der Waals surface area contributed by atoms with Gasteiger partial charge < -0.3 is 5.32 Å². The van der Waals surface area contributed by atoms with Crippen LogP contribution in [-0.4, -0.2) is 22.7 Å². The molecule has 1 aromatic rings. The smallest absolute Gasteiger partial charge is 0.345 e. The molecule has 1 aromatic heterocycles. The van der Waals surface area contributed by atoms with Gasteiger partial charge in [0.25, 0.3) is 0 Å². The predicted octanol–water partition coefficient (Wildman–Crippen LogP) is 2.47. The van der Waals surface area contributed by atoms with E-state index in [2.05, 4.69) is 9.97 Å². The van der Waals surface area contributed by atoms with Crippen LogP contribution in [0.3, 0.4) is 0 Å². The van der Waals surface area contributed by atoms with Gasteiger partial charge in [-0.05, 0) is 6.07 Å². The Kier molecular flexibility index (Phi) is 3.24. The SMILES string of the molecule is FC(F)(F)CNc1nccc(C(F)(F)F)n1. The third kappa shape index (κ3) is 3.91. The second kappa shape index (κ2) is 4.14. The van der Waals surface area contributed by atoms with Gasteiger partial charge in [0.1, 0.15) is 12.2 Å². The van der Waals surface area contributed by atoms with Gasteiger partial charge in [0, 0.05) is 6.20 Å². The minimum absolute atomic E-state index is 0.568. The second-order valence-corrected chi connectivity index (χ2v) is 2.73. The van der Waals surface area contributed by atoms with Crippen LogP contribution in [-0.2, 0) is 6.18 Å². The van der Waals surface area contributed by atoms with Crippen molar-refractivity contribution in [2.45, 2.75) is 12.4 Å². The Bertz CT molecular complexity index is 358. The molecule has 16 heavy (non-hydrogen) atoms. The van der Waals surface area contributed by atoms with Crippen LogP contribution in [0.15, 0.2) is 12.3 Å². The molecule has 0 amide bonds. The van der Waals surface area contributed by atoms with Gasteiger partial charge >= 0.3 is 12.4 Å². The Hall–Kier alpha value is -1.54. The first-order chi connectivity index (χ1) is 7.18. The zero-order chi connectivity index (χ0) is 12.4. The van der Waals surface area contributed by atoms with Crippen LogP contribution in [0.2, 0.25) is 0 Å². The largest absolute Gasteiger partial charge is 0.433 e. The molecule has 0 radical (unpaired) electrons. The highest BCUT2D eigenvalue weighted by atomic mass is 19.4. The molecule has 1 heterocycles. The summed E-state index contributed by atoms with van der Waals surface area (Å²) >= 11 is 0. The maximum absolute atomic E-state index is 12.1. The molecular formula is C7H5F6N3. The highest BCUT2D eigenvalue weighted by Crippen LogP contribution is 2.27. The average molecular weight is 245 g/mol. The van der Waals surface area contributed by atoms with Crippen molar-refractivity contribution in [2.75, 3.05) is 11.9 Å². The number of aromatic nitrogens is 2. The minimum atomic E-state index is -4.71. The van der Waals surface area contributed by atoms with Crippen molar-refractivity contribution >= 4 is 5.95 Å². The van der Waals surface area contributed by atoms with Crippen LogP contribution < -0.4 is 5.32 Å². The Morgan fingerprint density at radius 2 is 1.75 bits per heavy atom. The van der Waals surface area contributed by atoms with E-state index in [-0.39, 0.29) is 0 Å². The van der Waals surface area contributed by atoms with Crippen LogP contribution in [0.5, 0.6) is 0 Å². The van der Waals surface area contributed by atoms with Crippen molar-refractivity contribution in [3.05, 3.63) is 18.0 Å². The normalized spacial score (nSPS) is 12.6. The fraction of sp³-hybridized carbons (Fsp3) is 0.429. The van der Waals surface area contributed by atoms with Gasteiger partial charge in [-0.25, -0.2) is 9.97 Å². The summed E-state index contributed by atoms with van der Waals surface area (Å²) in [6.07, 6.45) is -8.52. The number of anilines is 1. The summed E-state index contributed by atoms with van der Waals surface area (Å²) in [4.78, 5) is 6.13. The highest BCUT2D eigenvalue weighted by molar-refractivity contribution is 5.26. The summed E-state index contributed by atoms with van der Waals surface area (Å²) in [5, 5.41) is 1.65. The fourth-order valence-electron chi connectivity index (χ4n) is 0.781. The summed E-state index contributed by atoms with van der Waals surface area (Å²) in [6, 6.07) is 0.568. The number of hydrogen-bond acceptors (Lipinski definition) is 3. The van der Waals surface area contributed by atoms with E-state index in [9.17, 15) is 26.3 Å². The van der Waals surface area contributed by atoms with Crippen molar-refractivity contribution < 1.29 is 26.3 Å². The summed E-state index contributed by atoms with van der Waals surface area (Å²) in [6.45, 7) is -1.49. The fourth-order valence-corrected chi connectivity index (χ4v) is 0.781. The minimum Gasteiger partial charge on any atom is -0.345 e. The van der Waals surface area contributed by atoms with E-state index in [0.29, 0.717) is 6.07 Å². The molecule has 0 aliphatic heterocycles. The van der Waals surface area contributed by atoms with Gasteiger partial charge in [-0.2, -0.15) is 26.3 Å². The number of halogens is 6. The molecule has 0 spiro atoms. The first-order valence-electron chi connectivity index (χ1n) is 3.89. The molecule has 3 nitrogen and oxygen atoms in total. The van der Waals surface area contributed by atoms with Gasteiger partial charge in [-0.1, -0.05) is 0 Å². The lowest BCUT2D eigenvalue weighted by Crippen LogP contribution is -2.23. The Balaban J connectivity index is 2.76. The molecule has 0 fully saturated rings. The van der Waals surface area contributed by atoms with Gasteiger partial charge in [-0.3, -0.25) is 0 Å². The maximum Gasteiger partial charge on any atom is 0.433 e. The van der Waals surface area contributed by atoms with Crippen molar-refractivity contribution in [3.8, 4) is 0 Å². The first-order valence-corrected chi connectivity index (χ1v) is 3.89. The van der Waals surface area contributed by atoms with Crippen LogP contribution in [0.1, 0.15) is 5.69 Å². The van der Waals surface area contributed by atoms with Crippen molar-refractivity contribution in [1.29, 1.82) is 0 Å².